The van der Waals surface area contributed by atoms with Gasteiger partial charge in [0.25, 0.3) is 0 Å². The molecule has 1 saturated heterocycles. The van der Waals surface area contributed by atoms with Crippen LogP contribution in [0.3, 0.4) is 0 Å². The Morgan fingerprint density at radius 3 is 3.00 bits per heavy atom. The zero-order valence-electron chi connectivity index (χ0n) is 9.37. The SMILES string of the molecule is COC1CNC(C(=O)c2cc(F)ccc2Cl)C1. The fraction of sp³-hybridized carbons (Fsp3) is 0.417. The number of rotatable bonds is 3. The molecule has 2 atom stereocenters. The van der Waals surface area contributed by atoms with Gasteiger partial charge in [-0.15, -0.1) is 0 Å². The average Bonchev–Trinajstić information content (AvgIpc) is 2.80. The lowest BCUT2D eigenvalue weighted by molar-refractivity contribution is 0.0918. The van der Waals surface area contributed by atoms with Crippen LogP contribution in [-0.4, -0.2) is 31.6 Å². The Kier molecular flexibility index (Phi) is 3.76. The van der Waals surface area contributed by atoms with Gasteiger partial charge in [-0.3, -0.25) is 4.79 Å². The van der Waals surface area contributed by atoms with Crippen LogP contribution in [0.25, 0.3) is 0 Å². The van der Waals surface area contributed by atoms with Crippen LogP contribution >= 0.6 is 11.6 Å². The van der Waals surface area contributed by atoms with Gasteiger partial charge in [0.15, 0.2) is 5.78 Å². The molecule has 1 fully saturated rings. The topological polar surface area (TPSA) is 38.3 Å². The van der Waals surface area contributed by atoms with Crippen molar-refractivity contribution < 1.29 is 13.9 Å². The molecule has 5 heteroatoms. The summed E-state index contributed by atoms with van der Waals surface area (Å²) in [5.41, 5.74) is 0.223. The number of hydrogen-bond acceptors (Lipinski definition) is 3. The molecule has 1 heterocycles. The van der Waals surface area contributed by atoms with Crippen LogP contribution < -0.4 is 5.32 Å². The van der Waals surface area contributed by atoms with Crippen LogP contribution in [-0.2, 0) is 4.74 Å². The molecular formula is C12H13ClFNO2. The minimum absolute atomic E-state index is 0.0243. The van der Waals surface area contributed by atoms with Crippen molar-refractivity contribution in [3.63, 3.8) is 0 Å². The molecule has 0 aliphatic carbocycles. The molecule has 1 aliphatic heterocycles. The fourth-order valence-corrected chi connectivity index (χ4v) is 2.17. The third-order valence-electron chi connectivity index (χ3n) is 2.93. The predicted octanol–water partition coefficient (Wildman–Crippen LogP) is 2.04. The monoisotopic (exact) mass is 257 g/mol. The van der Waals surface area contributed by atoms with E-state index in [0.717, 1.165) is 0 Å². The van der Waals surface area contributed by atoms with E-state index in [2.05, 4.69) is 5.32 Å². The van der Waals surface area contributed by atoms with E-state index in [-0.39, 0.29) is 28.5 Å². The standard InChI is InChI=1S/C12H13ClFNO2/c1-17-8-5-11(15-6-8)12(16)9-4-7(14)2-3-10(9)13/h2-4,8,11,15H,5-6H2,1H3. The molecule has 1 N–H and O–H groups in total. The molecule has 17 heavy (non-hydrogen) atoms. The van der Waals surface area contributed by atoms with Gasteiger partial charge in [0.1, 0.15) is 5.82 Å². The van der Waals surface area contributed by atoms with E-state index in [4.69, 9.17) is 16.3 Å². The molecule has 1 aromatic rings. The van der Waals surface area contributed by atoms with Gasteiger partial charge in [-0.1, -0.05) is 11.6 Å². The average molecular weight is 258 g/mol. The van der Waals surface area contributed by atoms with Crippen LogP contribution in [0.15, 0.2) is 18.2 Å². The highest BCUT2D eigenvalue weighted by molar-refractivity contribution is 6.34. The number of nitrogens with one attached hydrogen (secondary N) is 1. The van der Waals surface area contributed by atoms with Crippen molar-refractivity contribution in [2.45, 2.75) is 18.6 Å². The second kappa shape index (κ2) is 5.12. The second-order valence-corrected chi connectivity index (χ2v) is 4.45. The van der Waals surface area contributed by atoms with Gasteiger partial charge in [-0.2, -0.15) is 0 Å². The first-order valence-electron chi connectivity index (χ1n) is 5.37. The third-order valence-corrected chi connectivity index (χ3v) is 3.26. The minimum Gasteiger partial charge on any atom is -0.380 e. The molecule has 1 aliphatic rings. The van der Waals surface area contributed by atoms with Crippen LogP contribution in [0, 0.1) is 5.82 Å². The van der Waals surface area contributed by atoms with E-state index in [9.17, 15) is 9.18 Å². The number of methoxy groups -OCH3 is 1. The number of carbonyl (C=O) groups is 1. The highest BCUT2D eigenvalue weighted by Crippen LogP contribution is 2.22. The lowest BCUT2D eigenvalue weighted by Gasteiger charge is -2.10. The summed E-state index contributed by atoms with van der Waals surface area (Å²) in [4.78, 5) is 12.1. The Morgan fingerprint density at radius 1 is 1.59 bits per heavy atom. The molecule has 3 nitrogen and oxygen atoms in total. The fourth-order valence-electron chi connectivity index (χ4n) is 1.96. The molecule has 0 saturated carbocycles. The predicted molar refractivity (Wildman–Crippen MR) is 62.9 cm³/mol. The van der Waals surface area contributed by atoms with Crippen molar-refractivity contribution in [2.24, 2.45) is 0 Å². The van der Waals surface area contributed by atoms with Crippen LogP contribution in [0.4, 0.5) is 4.39 Å². The normalized spacial score (nSPS) is 23.9. The minimum atomic E-state index is -0.459. The van der Waals surface area contributed by atoms with Crippen molar-refractivity contribution >= 4 is 17.4 Å². The number of ether oxygens (including phenoxy) is 1. The summed E-state index contributed by atoms with van der Waals surface area (Å²) in [6, 6.07) is 3.46. The maximum atomic E-state index is 13.1. The molecule has 1 aromatic carbocycles. The van der Waals surface area contributed by atoms with Crippen molar-refractivity contribution in [3.05, 3.63) is 34.6 Å². The highest BCUT2D eigenvalue weighted by atomic mass is 35.5. The smallest absolute Gasteiger partial charge is 0.181 e. The number of benzene rings is 1. The Balaban J connectivity index is 2.17. The van der Waals surface area contributed by atoms with Gasteiger partial charge >= 0.3 is 0 Å². The van der Waals surface area contributed by atoms with Crippen molar-refractivity contribution in [2.75, 3.05) is 13.7 Å². The first-order valence-corrected chi connectivity index (χ1v) is 5.75. The highest BCUT2D eigenvalue weighted by Gasteiger charge is 2.30. The molecule has 92 valence electrons. The van der Waals surface area contributed by atoms with E-state index < -0.39 is 5.82 Å². The molecule has 0 amide bonds. The maximum Gasteiger partial charge on any atom is 0.181 e. The van der Waals surface area contributed by atoms with E-state index in [0.29, 0.717) is 13.0 Å². The second-order valence-electron chi connectivity index (χ2n) is 4.04. The van der Waals surface area contributed by atoms with Gasteiger partial charge in [-0.25, -0.2) is 4.39 Å². The summed E-state index contributed by atoms with van der Waals surface area (Å²) >= 11 is 5.89. The molecule has 2 rings (SSSR count). The molecule has 0 aromatic heterocycles. The summed E-state index contributed by atoms with van der Waals surface area (Å²) < 4.78 is 18.2. The largest absolute Gasteiger partial charge is 0.380 e. The van der Waals surface area contributed by atoms with Crippen LogP contribution in [0.2, 0.25) is 5.02 Å². The molecule has 0 spiro atoms. The van der Waals surface area contributed by atoms with Crippen molar-refractivity contribution in [1.82, 2.24) is 5.32 Å². The van der Waals surface area contributed by atoms with E-state index in [1.54, 1.807) is 7.11 Å². The third kappa shape index (κ3) is 2.65. The van der Waals surface area contributed by atoms with Gasteiger partial charge in [0, 0.05) is 19.2 Å². The maximum absolute atomic E-state index is 13.1. The van der Waals surface area contributed by atoms with E-state index in [1.165, 1.54) is 18.2 Å². The molecule has 0 bridgehead atoms. The lowest BCUT2D eigenvalue weighted by atomic mass is 10.0. The van der Waals surface area contributed by atoms with Gasteiger partial charge in [0.05, 0.1) is 17.2 Å². The zero-order valence-corrected chi connectivity index (χ0v) is 10.1. The summed E-state index contributed by atoms with van der Waals surface area (Å²) in [5.74, 6) is -0.645. The van der Waals surface area contributed by atoms with E-state index in [1.807, 2.05) is 0 Å². The number of hydrogen-bond donors (Lipinski definition) is 1. The lowest BCUT2D eigenvalue weighted by Crippen LogP contribution is -2.30. The Morgan fingerprint density at radius 2 is 2.35 bits per heavy atom. The number of halogens is 2. The van der Waals surface area contributed by atoms with Crippen LogP contribution in [0.5, 0.6) is 0 Å². The number of Topliss-reactive ketones (excluding diaryl/α,β-unsaturated/α-hetero) is 1. The molecule has 2 unspecified atom stereocenters. The van der Waals surface area contributed by atoms with Crippen molar-refractivity contribution in [1.29, 1.82) is 0 Å². The summed E-state index contributed by atoms with van der Waals surface area (Å²) in [7, 11) is 1.61. The zero-order chi connectivity index (χ0) is 12.4. The number of carbonyl (C=O) groups excluding carboxylic acids is 1. The summed E-state index contributed by atoms with van der Waals surface area (Å²) in [6.07, 6.45) is 0.610. The van der Waals surface area contributed by atoms with E-state index >= 15 is 0 Å². The molecule has 0 radical (unpaired) electrons. The van der Waals surface area contributed by atoms with Gasteiger partial charge in [-0.05, 0) is 24.6 Å². The number of ketones is 1. The quantitative estimate of drug-likeness (QED) is 0.843. The first kappa shape index (κ1) is 12.5. The van der Waals surface area contributed by atoms with Gasteiger partial charge in [0.2, 0.25) is 0 Å². The Hall–Kier alpha value is -0.970. The van der Waals surface area contributed by atoms with Gasteiger partial charge < -0.3 is 10.1 Å². The first-order chi connectivity index (χ1) is 8.11. The Labute approximate surface area is 104 Å². The van der Waals surface area contributed by atoms with Crippen LogP contribution in [0.1, 0.15) is 16.8 Å². The van der Waals surface area contributed by atoms with Crippen molar-refractivity contribution in [3.8, 4) is 0 Å². The molecular weight excluding hydrogens is 245 g/mol. The summed E-state index contributed by atoms with van der Waals surface area (Å²) in [6.45, 7) is 0.625. The Bertz CT molecular complexity index is 439. The summed E-state index contributed by atoms with van der Waals surface area (Å²) in [5, 5.41) is 3.32.